The van der Waals surface area contributed by atoms with Crippen molar-refractivity contribution >= 4 is 17.5 Å². The van der Waals surface area contributed by atoms with Crippen LogP contribution in [0.5, 0.6) is 0 Å². The van der Waals surface area contributed by atoms with Crippen molar-refractivity contribution in [1.29, 1.82) is 0 Å². The van der Waals surface area contributed by atoms with Gasteiger partial charge in [-0.3, -0.25) is 4.79 Å². The summed E-state index contributed by atoms with van der Waals surface area (Å²) in [4.78, 5) is 14.2. The summed E-state index contributed by atoms with van der Waals surface area (Å²) < 4.78 is 5.45. The summed E-state index contributed by atoms with van der Waals surface area (Å²) in [6.07, 6.45) is 1.73. The Balaban J connectivity index is 1.79. The highest BCUT2D eigenvalue weighted by Gasteiger charge is 2.30. The van der Waals surface area contributed by atoms with Gasteiger partial charge in [0, 0.05) is 17.5 Å². The van der Waals surface area contributed by atoms with E-state index in [0.29, 0.717) is 6.54 Å². The molecule has 1 aliphatic carbocycles. The Hall–Kier alpha value is -1.81. The number of alkyl halides is 1. The molecular weight excluding hydrogens is 324 g/mol. The molecule has 0 aliphatic heterocycles. The summed E-state index contributed by atoms with van der Waals surface area (Å²) in [5.41, 5.74) is 3.29. The molecule has 1 aliphatic rings. The first-order chi connectivity index (χ1) is 11.4. The fourth-order valence-corrected chi connectivity index (χ4v) is 3.32. The molecule has 0 atom stereocenters. The van der Waals surface area contributed by atoms with Gasteiger partial charge in [-0.25, -0.2) is 0 Å². The van der Waals surface area contributed by atoms with E-state index < -0.39 is 0 Å². The lowest BCUT2D eigenvalue weighted by atomic mass is 9.93. The van der Waals surface area contributed by atoms with Gasteiger partial charge < -0.3 is 9.42 Å². The second-order valence-corrected chi connectivity index (χ2v) is 7.69. The first-order valence-corrected chi connectivity index (χ1v) is 8.80. The molecule has 0 radical (unpaired) electrons. The van der Waals surface area contributed by atoms with E-state index >= 15 is 0 Å². The van der Waals surface area contributed by atoms with Crippen LogP contribution in [0.1, 0.15) is 43.4 Å². The number of aromatic nitrogens is 1. The Labute approximate surface area is 147 Å². The highest BCUT2D eigenvalue weighted by molar-refractivity contribution is 6.27. The molecule has 1 heterocycles. The maximum atomic E-state index is 12.4. The van der Waals surface area contributed by atoms with Crippen LogP contribution >= 0.6 is 11.6 Å². The van der Waals surface area contributed by atoms with Gasteiger partial charge in [-0.2, -0.15) is 0 Å². The monoisotopic (exact) mass is 346 g/mol. The van der Waals surface area contributed by atoms with E-state index in [-0.39, 0.29) is 23.2 Å². The van der Waals surface area contributed by atoms with Crippen molar-refractivity contribution in [2.75, 3.05) is 5.88 Å². The Kier molecular flexibility index (Phi) is 4.68. The van der Waals surface area contributed by atoms with Crippen LogP contribution in [0.25, 0.3) is 0 Å². The second-order valence-electron chi connectivity index (χ2n) is 7.42. The highest BCUT2D eigenvalue weighted by Crippen LogP contribution is 2.28. The molecule has 4 nitrogen and oxygen atoms in total. The van der Waals surface area contributed by atoms with Crippen LogP contribution in [0.2, 0.25) is 0 Å². The van der Waals surface area contributed by atoms with Crippen LogP contribution in [-0.4, -0.2) is 27.9 Å². The second kappa shape index (κ2) is 6.60. The van der Waals surface area contributed by atoms with Crippen LogP contribution in [-0.2, 0) is 29.6 Å². The van der Waals surface area contributed by atoms with Gasteiger partial charge in [0.25, 0.3) is 0 Å². The lowest BCUT2D eigenvalue weighted by molar-refractivity contribution is -0.131. The third kappa shape index (κ3) is 3.48. The molecule has 1 aromatic carbocycles. The first kappa shape index (κ1) is 17.0. The van der Waals surface area contributed by atoms with Crippen LogP contribution < -0.4 is 0 Å². The fourth-order valence-electron chi connectivity index (χ4n) is 3.17. The van der Waals surface area contributed by atoms with Crippen molar-refractivity contribution < 1.29 is 9.32 Å². The molecule has 1 amide bonds. The van der Waals surface area contributed by atoms with E-state index in [0.717, 1.165) is 24.3 Å². The number of amides is 1. The Morgan fingerprint density at radius 3 is 2.42 bits per heavy atom. The summed E-state index contributed by atoms with van der Waals surface area (Å²) in [5.74, 6) is 0.747. The van der Waals surface area contributed by atoms with Gasteiger partial charge in [-0.1, -0.05) is 50.2 Å². The highest BCUT2D eigenvalue weighted by atomic mass is 35.5. The molecule has 0 saturated heterocycles. The minimum atomic E-state index is -0.101. The minimum absolute atomic E-state index is 0.0170. The molecule has 5 heteroatoms. The quantitative estimate of drug-likeness (QED) is 0.793. The summed E-state index contributed by atoms with van der Waals surface area (Å²) >= 11 is 5.85. The predicted molar refractivity (Wildman–Crippen MR) is 94.1 cm³/mol. The lowest BCUT2D eigenvalue weighted by Gasteiger charge is -2.27. The van der Waals surface area contributed by atoms with Gasteiger partial charge in [0.05, 0.1) is 6.54 Å². The van der Waals surface area contributed by atoms with E-state index in [2.05, 4.69) is 38.1 Å². The average molecular weight is 347 g/mol. The molecule has 24 heavy (non-hydrogen) atoms. The number of benzene rings is 1. The Morgan fingerprint density at radius 2 is 1.92 bits per heavy atom. The lowest BCUT2D eigenvalue weighted by Crippen LogP contribution is -2.41. The summed E-state index contributed by atoms with van der Waals surface area (Å²) in [7, 11) is 0. The number of carbonyl (C=O) groups is 1. The minimum Gasteiger partial charge on any atom is -0.361 e. The van der Waals surface area contributed by atoms with Crippen molar-refractivity contribution in [3.05, 3.63) is 52.9 Å². The summed E-state index contributed by atoms with van der Waals surface area (Å²) in [6.45, 7) is 6.66. The molecule has 0 spiro atoms. The zero-order valence-electron chi connectivity index (χ0n) is 14.4. The van der Waals surface area contributed by atoms with Gasteiger partial charge >= 0.3 is 0 Å². The molecule has 3 rings (SSSR count). The molecule has 2 aromatic rings. The van der Waals surface area contributed by atoms with Crippen LogP contribution in [0.3, 0.4) is 0 Å². The molecule has 0 fully saturated rings. The zero-order valence-corrected chi connectivity index (χ0v) is 15.1. The van der Waals surface area contributed by atoms with Crippen molar-refractivity contribution in [2.45, 2.75) is 51.6 Å². The first-order valence-electron chi connectivity index (χ1n) is 8.27. The normalized spacial score (nSPS) is 14.7. The fraction of sp³-hybridized carbons (Fsp3) is 0.474. The van der Waals surface area contributed by atoms with E-state index in [4.69, 9.17) is 16.1 Å². The average Bonchev–Trinajstić information content (AvgIpc) is 3.17. The van der Waals surface area contributed by atoms with Gasteiger partial charge in [0.15, 0.2) is 0 Å². The number of carbonyl (C=O) groups excluding carboxylic acids is 1. The van der Waals surface area contributed by atoms with Crippen molar-refractivity contribution in [2.24, 2.45) is 0 Å². The number of hydrogen-bond acceptors (Lipinski definition) is 3. The van der Waals surface area contributed by atoms with E-state index in [1.54, 1.807) is 0 Å². The standard InChI is InChI=1S/C19H23ClN2O2/c1-19(2,3)17-10-15(21-24-17)12-22(18(23)11-20)16-8-13-6-4-5-7-14(13)9-16/h4-7,10,16H,8-9,11-12H2,1-3H3. The molecule has 0 unspecified atom stereocenters. The molecule has 0 bridgehead atoms. The Bertz CT molecular complexity index is 708. The van der Waals surface area contributed by atoms with Crippen molar-refractivity contribution in [3.8, 4) is 0 Å². The third-order valence-electron chi connectivity index (χ3n) is 4.54. The van der Waals surface area contributed by atoms with Gasteiger partial charge in [-0.15, -0.1) is 11.6 Å². The maximum Gasteiger partial charge on any atom is 0.238 e. The number of fused-ring (bicyclic) bond motifs is 1. The SMILES string of the molecule is CC(C)(C)c1cc(CN(C(=O)CCl)C2Cc3ccccc3C2)no1. The third-order valence-corrected chi connectivity index (χ3v) is 4.76. The molecule has 0 N–H and O–H groups in total. The van der Waals surface area contributed by atoms with Gasteiger partial charge in [0.2, 0.25) is 5.91 Å². The van der Waals surface area contributed by atoms with Crippen molar-refractivity contribution in [1.82, 2.24) is 10.1 Å². The van der Waals surface area contributed by atoms with Crippen molar-refractivity contribution in [3.63, 3.8) is 0 Å². The largest absolute Gasteiger partial charge is 0.361 e. The predicted octanol–water partition coefficient (Wildman–Crippen LogP) is 3.71. The molecule has 0 saturated carbocycles. The number of nitrogens with zero attached hydrogens (tertiary/aromatic N) is 2. The smallest absolute Gasteiger partial charge is 0.238 e. The Morgan fingerprint density at radius 1 is 1.29 bits per heavy atom. The van der Waals surface area contributed by atoms with Crippen LogP contribution in [0.4, 0.5) is 0 Å². The van der Waals surface area contributed by atoms with Crippen LogP contribution in [0, 0.1) is 0 Å². The molecule has 1 aromatic heterocycles. The van der Waals surface area contributed by atoms with Gasteiger partial charge in [-0.05, 0) is 24.0 Å². The molecular formula is C19H23ClN2O2. The van der Waals surface area contributed by atoms with Crippen LogP contribution in [0.15, 0.2) is 34.9 Å². The zero-order chi connectivity index (χ0) is 17.3. The number of rotatable bonds is 4. The van der Waals surface area contributed by atoms with E-state index in [1.807, 2.05) is 23.1 Å². The molecule has 128 valence electrons. The van der Waals surface area contributed by atoms with Gasteiger partial charge in [0.1, 0.15) is 17.3 Å². The number of hydrogen-bond donors (Lipinski definition) is 0. The summed E-state index contributed by atoms with van der Waals surface area (Å²) in [6, 6.07) is 10.4. The van der Waals surface area contributed by atoms with E-state index in [1.165, 1.54) is 11.1 Å². The van der Waals surface area contributed by atoms with E-state index in [9.17, 15) is 4.79 Å². The number of halogens is 1. The topological polar surface area (TPSA) is 46.3 Å². The maximum absolute atomic E-state index is 12.4. The summed E-state index contributed by atoms with van der Waals surface area (Å²) in [5, 5.41) is 4.15.